The molecule has 1 aromatic carbocycles. The molecule has 0 saturated carbocycles. The fraction of sp³-hybridized carbons (Fsp3) is 0.200. The summed E-state index contributed by atoms with van der Waals surface area (Å²) in [6.07, 6.45) is 1.18. The van der Waals surface area contributed by atoms with Crippen molar-refractivity contribution < 1.29 is 9.53 Å². The number of rotatable bonds is 5. The molecule has 0 saturated heterocycles. The number of H-pyrrole nitrogens is 1. The van der Waals surface area contributed by atoms with Crippen molar-refractivity contribution in [2.75, 3.05) is 11.9 Å². The molecule has 2 aromatic heterocycles. The standard InChI is InChI=1S/C15H14BrN5O3/c1-2-24-13(23)11-8-18-15-19-14(20-21(15)12(11)22)17-7-9-3-5-10(16)6-4-9/h3-6,8H,2,7H2,1H3,(H2,17,18,19,20). The predicted molar refractivity (Wildman–Crippen MR) is 91.0 cm³/mol. The second-order valence-electron chi connectivity index (χ2n) is 4.89. The van der Waals surface area contributed by atoms with Crippen LogP contribution in [-0.2, 0) is 11.3 Å². The van der Waals surface area contributed by atoms with Gasteiger partial charge in [0.1, 0.15) is 5.56 Å². The lowest BCUT2D eigenvalue weighted by atomic mass is 10.2. The Kier molecular flexibility index (Phi) is 4.61. The van der Waals surface area contributed by atoms with Crippen molar-refractivity contribution in [1.82, 2.24) is 19.6 Å². The number of esters is 1. The molecule has 0 fully saturated rings. The van der Waals surface area contributed by atoms with Gasteiger partial charge in [0.2, 0.25) is 5.95 Å². The molecule has 0 aliphatic heterocycles. The molecule has 24 heavy (non-hydrogen) atoms. The van der Waals surface area contributed by atoms with Gasteiger partial charge in [0.25, 0.3) is 11.3 Å². The van der Waals surface area contributed by atoms with Gasteiger partial charge in [0.15, 0.2) is 0 Å². The highest BCUT2D eigenvalue weighted by Crippen LogP contribution is 2.11. The van der Waals surface area contributed by atoms with E-state index in [0.29, 0.717) is 12.5 Å². The predicted octanol–water partition coefficient (Wildman–Crippen LogP) is 1.97. The molecule has 9 heteroatoms. The number of fused-ring (bicyclic) bond motifs is 1. The highest BCUT2D eigenvalue weighted by molar-refractivity contribution is 9.10. The highest BCUT2D eigenvalue weighted by Gasteiger charge is 2.16. The maximum atomic E-state index is 12.3. The molecular formula is C15H14BrN5O3. The number of aromatic nitrogens is 4. The van der Waals surface area contributed by atoms with E-state index in [1.54, 1.807) is 6.92 Å². The third kappa shape index (κ3) is 3.30. The van der Waals surface area contributed by atoms with Crippen LogP contribution in [0.1, 0.15) is 22.8 Å². The lowest BCUT2D eigenvalue weighted by Crippen LogP contribution is -2.24. The van der Waals surface area contributed by atoms with Crippen molar-refractivity contribution in [3.05, 3.63) is 56.4 Å². The lowest BCUT2D eigenvalue weighted by Gasteiger charge is -2.02. The van der Waals surface area contributed by atoms with Crippen LogP contribution >= 0.6 is 15.9 Å². The van der Waals surface area contributed by atoms with Gasteiger partial charge in [-0.25, -0.2) is 9.78 Å². The number of nitrogens with zero attached hydrogens (tertiary/aromatic N) is 3. The van der Waals surface area contributed by atoms with E-state index >= 15 is 0 Å². The highest BCUT2D eigenvalue weighted by atomic mass is 79.9. The summed E-state index contributed by atoms with van der Waals surface area (Å²) in [5, 5.41) is 5.86. The maximum absolute atomic E-state index is 12.3. The molecule has 0 amide bonds. The van der Waals surface area contributed by atoms with Gasteiger partial charge in [-0.15, -0.1) is 0 Å². The summed E-state index contributed by atoms with van der Waals surface area (Å²) in [4.78, 5) is 32.2. The maximum Gasteiger partial charge on any atom is 0.345 e. The van der Waals surface area contributed by atoms with Gasteiger partial charge in [-0.05, 0) is 24.6 Å². The van der Waals surface area contributed by atoms with Crippen LogP contribution in [0, 0.1) is 0 Å². The largest absolute Gasteiger partial charge is 0.462 e. The summed E-state index contributed by atoms with van der Waals surface area (Å²) in [5.74, 6) is -0.154. The molecule has 0 aliphatic rings. The minimum Gasteiger partial charge on any atom is -0.462 e. The second-order valence-corrected chi connectivity index (χ2v) is 5.80. The zero-order chi connectivity index (χ0) is 17.1. The smallest absolute Gasteiger partial charge is 0.345 e. The molecule has 2 N–H and O–H groups in total. The van der Waals surface area contributed by atoms with Crippen LogP contribution < -0.4 is 10.9 Å². The fourth-order valence-electron chi connectivity index (χ4n) is 2.07. The van der Waals surface area contributed by atoms with E-state index < -0.39 is 11.5 Å². The Morgan fingerprint density at radius 1 is 1.38 bits per heavy atom. The minimum absolute atomic E-state index is 0.141. The van der Waals surface area contributed by atoms with Crippen molar-refractivity contribution in [2.45, 2.75) is 13.5 Å². The number of hydrogen-bond donors (Lipinski definition) is 2. The van der Waals surface area contributed by atoms with Crippen molar-refractivity contribution >= 4 is 33.6 Å². The van der Waals surface area contributed by atoms with Crippen LogP contribution in [0.3, 0.4) is 0 Å². The number of ether oxygens (including phenoxy) is 1. The first-order valence-corrected chi connectivity index (χ1v) is 8.01. The van der Waals surface area contributed by atoms with Crippen LogP contribution in [0.25, 0.3) is 5.78 Å². The Labute approximate surface area is 145 Å². The van der Waals surface area contributed by atoms with Gasteiger partial charge in [-0.1, -0.05) is 28.1 Å². The number of nitrogens with one attached hydrogen (secondary N) is 2. The van der Waals surface area contributed by atoms with E-state index in [1.165, 1.54) is 6.20 Å². The van der Waals surface area contributed by atoms with Crippen molar-refractivity contribution in [3.63, 3.8) is 0 Å². The summed E-state index contributed by atoms with van der Waals surface area (Å²) >= 11 is 3.38. The second kappa shape index (κ2) is 6.83. The zero-order valence-electron chi connectivity index (χ0n) is 12.7. The molecule has 0 bridgehead atoms. The lowest BCUT2D eigenvalue weighted by molar-refractivity contribution is 0.0523. The number of carbonyl (C=O) groups excluding carboxylic acids is 1. The first-order chi connectivity index (χ1) is 11.6. The summed E-state index contributed by atoms with van der Waals surface area (Å²) in [6.45, 7) is 2.37. The monoisotopic (exact) mass is 391 g/mol. The van der Waals surface area contributed by atoms with E-state index in [0.717, 1.165) is 14.6 Å². The average Bonchev–Trinajstić information content (AvgIpc) is 2.99. The Morgan fingerprint density at radius 2 is 2.12 bits per heavy atom. The van der Waals surface area contributed by atoms with Crippen molar-refractivity contribution in [2.24, 2.45) is 0 Å². The van der Waals surface area contributed by atoms with Crippen LogP contribution in [0.2, 0.25) is 0 Å². The van der Waals surface area contributed by atoms with Gasteiger partial charge in [-0.2, -0.15) is 9.50 Å². The third-order valence-electron chi connectivity index (χ3n) is 3.24. The SMILES string of the molecule is CCOC(=O)c1cnc2nc(NCc3ccc(Br)cc3)[nH]n2c1=O. The van der Waals surface area contributed by atoms with Crippen LogP contribution in [0.4, 0.5) is 5.95 Å². The molecule has 3 rings (SSSR count). The van der Waals surface area contributed by atoms with E-state index in [9.17, 15) is 9.59 Å². The number of benzene rings is 1. The van der Waals surface area contributed by atoms with E-state index in [2.05, 4.69) is 36.3 Å². The first kappa shape index (κ1) is 16.2. The quantitative estimate of drug-likeness (QED) is 0.644. The number of carbonyl (C=O) groups is 1. The van der Waals surface area contributed by atoms with Gasteiger partial charge < -0.3 is 10.1 Å². The normalized spacial score (nSPS) is 10.8. The van der Waals surface area contributed by atoms with Crippen molar-refractivity contribution in [1.29, 1.82) is 0 Å². The fourth-order valence-corrected chi connectivity index (χ4v) is 2.34. The zero-order valence-corrected chi connectivity index (χ0v) is 14.3. The Balaban J connectivity index is 1.83. The molecule has 0 spiro atoms. The molecule has 0 unspecified atom stereocenters. The van der Waals surface area contributed by atoms with Gasteiger partial charge >= 0.3 is 5.97 Å². The molecule has 0 radical (unpaired) electrons. The number of aromatic amines is 1. The number of anilines is 1. The van der Waals surface area contributed by atoms with Crippen LogP contribution in [0.5, 0.6) is 0 Å². The summed E-state index contributed by atoms with van der Waals surface area (Å²) in [6, 6.07) is 7.80. The van der Waals surface area contributed by atoms with Crippen molar-refractivity contribution in [3.8, 4) is 0 Å². The topological polar surface area (TPSA) is 101 Å². The molecule has 8 nitrogen and oxygen atoms in total. The summed E-state index contributed by atoms with van der Waals surface area (Å²) < 4.78 is 6.94. The Hall–Kier alpha value is -2.68. The summed E-state index contributed by atoms with van der Waals surface area (Å²) in [5.41, 5.74) is 0.353. The van der Waals surface area contributed by atoms with Crippen LogP contribution in [0.15, 0.2) is 39.7 Å². The molecule has 3 aromatic rings. The first-order valence-electron chi connectivity index (χ1n) is 7.21. The van der Waals surface area contributed by atoms with Gasteiger partial charge in [0.05, 0.1) is 12.8 Å². The molecule has 124 valence electrons. The van der Waals surface area contributed by atoms with E-state index in [1.807, 2.05) is 24.3 Å². The molecular weight excluding hydrogens is 378 g/mol. The van der Waals surface area contributed by atoms with E-state index in [4.69, 9.17) is 4.74 Å². The number of halogens is 1. The average molecular weight is 392 g/mol. The third-order valence-corrected chi connectivity index (χ3v) is 3.77. The summed E-state index contributed by atoms with van der Waals surface area (Å²) in [7, 11) is 0. The van der Waals surface area contributed by atoms with Gasteiger partial charge in [-0.3, -0.25) is 9.89 Å². The molecule has 2 heterocycles. The molecule has 0 aliphatic carbocycles. The Bertz CT molecular complexity index is 932. The van der Waals surface area contributed by atoms with Gasteiger partial charge in [0, 0.05) is 11.0 Å². The van der Waals surface area contributed by atoms with Crippen LogP contribution in [-0.4, -0.2) is 32.2 Å². The number of hydrogen-bond acceptors (Lipinski definition) is 6. The molecule has 0 atom stereocenters. The Morgan fingerprint density at radius 3 is 2.83 bits per heavy atom. The van der Waals surface area contributed by atoms with E-state index in [-0.39, 0.29) is 17.9 Å². The minimum atomic E-state index is -0.705.